The van der Waals surface area contributed by atoms with E-state index in [1.54, 1.807) is 38.3 Å². The number of aryl methyl sites for hydroxylation is 1. The van der Waals surface area contributed by atoms with Gasteiger partial charge in [0.1, 0.15) is 28.1 Å². The molecule has 1 fully saturated rings. The summed E-state index contributed by atoms with van der Waals surface area (Å²) < 4.78 is 12.0. The zero-order chi connectivity index (χ0) is 22.7. The molecule has 0 aliphatic heterocycles. The Hall–Kier alpha value is -3.20. The lowest BCUT2D eigenvalue weighted by Gasteiger charge is -2.21. The highest BCUT2D eigenvalue weighted by Gasteiger charge is 2.24. The summed E-state index contributed by atoms with van der Waals surface area (Å²) in [6.45, 7) is 1.53. The Labute approximate surface area is 189 Å². The second-order valence-corrected chi connectivity index (χ2v) is 8.86. The van der Waals surface area contributed by atoms with Crippen LogP contribution in [0.25, 0.3) is 10.2 Å². The van der Waals surface area contributed by atoms with Crippen molar-refractivity contribution in [2.45, 2.75) is 51.7 Å². The molecule has 0 saturated heterocycles. The van der Waals surface area contributed by atoms with Crippen molar-refractivity contribution < 1.29 is 19.1 Å². The number of methoxy groups -OCH3 is 1. The summed E-state index contributed by atoms with van der Waals surface area (Å²) in [5.41, 5.74) is 0.788. The summed E-state index contributed by atoms with van der Waals surface area (Å²) in [7, 11) is 1.57. The lowest BCUT2D eigenvalue weighted by Crippen LogP contribution is -2.28. The average molecular weight is 456 g/mol. The minimum Gasteiger partial charge on any atom is -0.497 e. The number of benzene rings is 1. The first kappa shape index (κ1) is 22.0. The van der Waals surface area contributed by atoms with Gasteiger partial charge in [0, 0.05) is 5.69 Å². The molecule has 32 heavy (non-hydrogen) atoms. The van der Waals surface area contributed by atoms with E-state index < -0.39 is 5.97 Å². The van der Waals surface area contributed by atoms with Crippen molar-refractivity contribution >= 4 is 39.1 Å². The Kier molecular flexibility index (Phi) is 6.55. The minimum atomic E-state index is -0.402. The third kappa shape index (κ3) is 4.67. The summed E-state index contributed by atoms with van der Waals surface area (Å²) in [5, 5.41) is 3.10. The van der Waals surface area contributed by atoms with Gasteiger partial charge < -0.3 is 14.8 Å². The van der Waals surface area contributed by atoms with Gasteiger partial charge in [0.2, 0.25) is 5.91 Å². The van der Waals surface area contributed by atoms with Gasteiger partial charge in [-0.05, 0) is 62.4 Å². The highest BCUT2D eigenvalue weighted by molar-refractivity contribution is 7.20. The number of thiophene rings is 1. The van der Waals surface area contributed by atoms with Crippen molar-refractivity contribution in [2.24, 2.45) is 0 Å². The van der Waals surface area contributed by atoms with Crippen LogP contribution in [0, 0.1) is 6.92 Å². The van der Waals surface area contributed by atoms with Crippen LogP contribution in [0.5, 0.6) is 5.75 Å². The van der Waals surface area contributed by atoms with E-state index in [1.807, 2.05) is 0 Å². The van der Waals surface area contributed by atoms with Crippen LogP contribution in [0.1, 0.15) is 47.3 Å². The van der Waals surface area contributed by atoms with Crippen LogP contribution in [0.15, 0.2) is 35.4 Å². The summed E-state index contributed by atoms with van der Waals surface area (Å²) in [4.78, 5) is 43.4. The van der Waals surface area contributed by atoms with Gasteiger partial charge in [-0.3, -0.25) is 14.2 Å². The lowest BCUT2D eigenvalue weighted by molar-refractivity contribution is -0.116. The Morgan fingerprint density at radius 1 is 1.19 bits per heavy atom. The molecule has 0 atom stereocenters. The maximum absolute atomic E-state index is 13.0. The zero-order valence-corrected chi connectivity index (χ0v) is 18.9. The molecule has 1 aromatic carbocycles. The maximum Gasteiger partial charge on any atom is 0.348 e. The van der Waals surface area contributed by atoms with Crippen molar-refractivity contribution in [1.29, 1.82) is 0 Å². The van der Waals surface area contributed by atoms with Crippen molar-refractivity contribution in [1.82, 2.24) is 9.55 Å². The summed E-state index contributed by atoms with van der Waals surface area (Å²) in [5.74, 6) is -0.0801. The van der Waals surface area contributed by atoms with Gasteiger partial charge in [-0.2, -0.15) is 0 Å². The van der Waals surface area contributed by atoms with Crippen molar-refractivity contribution in [2.75, 3.05) is 12.4 Å². The first-order valence-electron chi connectivity index (χ1n) is 10.6. The number of carbonyl (C=O) groups excluding carboxylic acids is 2. The smallest absolute Gasteiger partial charge is 0.348 e. The van der Waals surface area contributed by atoms with Gasteiger partial charge in [-0.15, -0.1) is 11.3 Å². The fourth-order valence-corrected chi connectivity index (χ4v) is 4.91. The Morgan fingerprint density at radius 2 is 1.91 bits per heavy atom. The number of ether oxygens (including phenoxy) is 2. The van der Waals surface area contributed by atoms with Crippen molar-refractivity contribution in [3.8, 4) is 5.75 Å². The molecule has 3 aromatic rings. The number of nitrogens with zero attached hydrogens (tertiary/aromatic N) is 2. The summed E-state index contributed by atoms with van der Waals surface area (Å²) in [6, 6.07) is 6.90. The fraction of sp³-hybridized carbons (Fsp3) is 0.391. The number of amides is 1. The van der Waals surface area contributed by atoms with Gasteiger partial charge in [-0.1, -0.05) is 6.42 Å². The van der Waals surface area contributed by atoms with Crippen molar-refractivity contribution in [3.05, 3.63) is 51.4 Å². The molecule has 1 aliphatic carbocycles. The van der Waals surface area contributed by atoms with E-state index in [0.717, 1.165) is 37.0 Å². The molecular weight excluding hydrogens is 430 g/mol. The van der Waals surface area contributed by atoms with E-state index >= 15 is 0 Å². The molecule has 1 saturated carbocycles. The van der Waals surface area contributed by atoms with Crippen LogP contribution in [0.4, 0.5) is 5.69 Å². The second-order valence-electron chi connectivity index (χ2n) is 7.86. The molecular formula is C23H25N3O5S. The minimum absolute atomic E-state index is 0.0628. The van der Waals surface area contributed by atoms with Crippen LogP contribution in [0.2, 0.25) is 0 Å². The number of fused-ring (bicyclic) bond motifs is 1. The van der Waals surface area contributed by atoms with Crippen LogP contribution in [0.3, 0.4) is 0 Å². The number of nitrogens with one attached hydrogen (secondary N) is 1. The molecule has 1 aliphatic rings. The van der Waals surface area contributed by atoms with E-state index in [2.05, 4.69) is 10.3 Å². The fourth-order valence-electron chi connectivity index (χ4n) is 3.88. The predicted octanol–water partition coefficient (Wildman–Crippen LogP) is 3.90. The number of rotatable bonds is 6. The molecule has 0 unspecified atom stereocenters. The summed E-state index contributed by atoms with van der Waals surface area (Å²) in [6.07, 6.45) is 6.33. The Bertz CT molecular complexity index is 1190. The number of anilines is 1. The molecule has 0 radical (unpaired) electrons. The summed E-state index contributed by atoms with van der Waals surface area (Å²) >= 11 is 1.16. The predicted molar refractivity (Wildman–Crippen MR) is 123 cm³/mol. The largest absolute Gasteiger partial charge is 0.497 e. The Balaban J connectivity index is 1.51. The Morgan fingerprint density at radius 3 is 2.59 bits per heavy atom. The van der Waals surface area contributed by atoms with Gasteiger partial charge in [0.05, 0.1) is 18.8 Å². The van der Waals surface area contributed by atoms with Gasteiger partial charge in [0.25, 0.3) is 5.56 Å². The molecule has 8 nitrogen and oxygen atoms in total. The zero-order valence-electron chi connectivity index (χ0n) is 18.1. The standard InChI is InChI=1S/C23H25N3O5S/c1-14-19-21(32-20(14)23(29)31-17-6-4-3-5-7-17)24-13-26(22(19)28)12-18(27)25-15-8-10-16(30-2)11-9-15/h8-11,13,17H,3-7,12H2,1-2H3,(H,25,27). The number of esters is 1. The number of hydrogen-bond acceptors (Lipinski definition) is 7. The first-order valence-corrected chi connectivity index (χ1v) is 11.4. The van der Waals surface area contributed by atoms with Crippen LogP contribution in [-0.4, -0.2) is 34.6 Å². The van der Waals surface area contributed by atoms with E-state index in [1.165, 1.54) is 17.3 Å². The lowest BCUT2D eigenvalue weighted by atomic mass is 9.98. The molecule has 9 heteroatoms. The topological polar surface area (TPSA) is 99.5 Å². The third-order valence-corrected chi connectivity index (χ3v) is 6.80. The quantitative estimate of drug-likeness (QED) is 0.566. The van der Waals surface area contributed by atoms with Gasteiger partial charge >= 0.3 is 5.97 Å². The van der Waals surface area contributed by atoms with E-state index in [9.17, 15) is 14.4 Å². The highest BCUT2D eigenvalue weighted by atomic mass is 32.1. The molecule has 0 bridgehead atoms. The van der Waals surface area contributed by atoms with Crippen LogP contribution >= 0.6 is 11.3 Å². The third-order valence-electron chi connectivity index (χ3n) is 5.62. The number of aromatic nitrogens is 2. The number of hydrogen-bond donors (Lipinski definition) is 1. The van der Waals surface area contributed by atoms with E-state index in [0.29, 0.717) is 32.1 Å². The monoisotopic (exact) mass is 455 g/mol. The number of carbonyl (C=O) groups is 2. The van der Waals surface area contributed by atoms with Crippen LogP contribution < -0.4 is 15.6 Å². The van der Waals surface area contributed by atoms with E-state index in [-0.39, 0.29) is 24.1 Å². The molecule has 0 spiro atoms. The van der Waals surface area contributed by atoms with E-state index in [4.69, 9.17) is 9.47 Å². The first-order chi connectivity index (χ1) is 15.5. The molecule has 168 valence electrons. The maximum atomic E-state index is 13.0. The highest BCUT2D eigenvalue weighted by Crippen LogP contribution is 2.29. The SMILES string of the molecule is COc1ccc(NC(=O)Cn2cnc3sc(C(=O)OC4CCCCC4)c(C)c3c2=O)cc1. The molecule has 1 N–H and O–H groups in total. The molecule has 1 amide bonds. The average Bonchev–Trinajstić information content (AvgIpc) is 3.14. The van der Waals surface area contributed by atoms with Crippen LogP contribution in [-0.2, 0) is 16.1 Å². The van der Waals surface area contributed by atoms with Gasteiger partial charge in [0.15, 0.2) is 0 Å². The molecule has 2 heterocycles. The molecule has 4 rings (SSSR count). The molecule has 2 aromatic heterocycles. The van der Waals surface area contributed by atoms with Gasteiger partial charge in [-0.25, -0.2) is 9.78 Å². The van der Waals surface area contributed by atoms with Crippen molar-refractivity contribution in [3.63, 3.8) is 0 Å². The normalized spacial score (nSPS) is 14.3. The second kappa shape index (κ2) is 9.52.